The molecule has 1 N–H and O–H groups in total. The van der Waals surface area contributed by atoms with Crippen molar-refractivity contribution in [1.82, 2.24) is 4.90 Å². The van der Waals surface area contributed by atoms with E-state index in [1.165, 1.54) is 30.1 Å². The predicted octanol–water partition coefficient (Wildman–Crippen LogP) is 1.31. The molecule has 0 radical (unpaired) electrons. The Balaban J connectivity index is 3.20. The molecule has 0 atom stereocenters. The van der Waals surface area contributed by atoms with Crippen LogP contribution in [-0.2, 0) is 0 Å². The second-order valence-electron chi connectivity index (χ2n) is 3.34. The van der Waals surface area contributed by atoms with Gasteiger partial charge in [0.25, 0.3) is 11.6 Å². The Hall–Kier alpha value is -1.66. The summed E-state index contributed by atoms with van der Waals surface area (Å²) in [6, 6.07) is 4.03. The molecular formula is C10H11ClN2O4. The van der Waals surface area contributed by atoms with Crippen LogP contribution in [0.2, 0.25) is 5.02 Å². The highest BCUT2D eigenvalue weighted by Crippen LogP contribution is 2.27. The Morgan fingerprint density at radius 3 is 2.76 bits per heavy atom. The zero-order valence-electron chi connectivity index (χ0n) is 9.09. The fourth-order valence-corrected chi connectivity index (χ4v) is 1.57. The van der Waals surface area contributed by atoms with Gasteiger partial charge in [-0.05, 0) is 6.07 Å². The summed E-state index contributed by atoms with van der Waals surface area (Å²) in [5.74, 6) is -0.587. The lowest BCUT2D eigenvalue weighted by molar-refractivity contribution is -0.385. The molecule has 7 heteroatoms. The van der Waals surface area contributed by atoms with Crippen molar-refractivity contribution in [2.24, 2.45) is 0 Å². The minimum absolute atomic E-state index is 0.0222. The summed E-state index contributed by atoms with van der Waals surface area (Å²) in [7, 11) is 1.44. The average Bonchev–Trinajstić information content (AvgIpc) is 2.28. The second-order valence-corrected chi connectivity index (χ2v) is 3.75. The SMILES string of the molecule is CN(CCO)C(=O)c1c(Cl)cccc1[N+](=O)[O-]. The van der Waals surface area contributed by atoms with Gasteiger partial charge >= 0.3 is 0 Å². The van der Waals surface area contributed by atoms with Crippen LogP contribution in [0, 0.1) is 10.1 Å². The number of halogens is 1. The van der Waals surface area contributed by atoms with Crippen LogP contribution >= 0.6 is 11.6 Å². The first-order chi connectivity index (χ1) is 7.99. The number of likely N-dealkylation sites (N-methyl/N-ethyl adjacent to an activating group) is 1. The van der Waals surface area contributed by atoms with Gasteiger partial charge in [-0.1, -0.05) is 17.7 Å². The fourth-order valence-electron chi connectivity index (χ4n) is 1.32. The molecule has 0 bridgehead atoms. The Kier molecular flexibility index (Phi) is 4.42. The maximum atomic E-state index is 11.9. The number of rotatable bonds is 4. The molecule has 1 aromatic carbocycles. The number of carbonyl (C=O) groups is 1. The molecule has 92 valence electrons. The molecule has 1 aromatic rings. The quantitative estimate of drug-likeness (QED) is 0.652. The Bertz CT molecular complexity index is 450. The standard InChI is InChI=1S/C10H11ClN2O4/c1-12(5-6-14)10(15)9-7(11)3-2-4-8(9)13(16)17/h2-4,14H,5-6H2,1H3. The first-order valence-electron chi connectivity index (χ1n) is 4.78. The van der Waals surface area contributed by atoms with Crippen LogP contribution in [0.4, 0.5) is 5.69 Å². The smallest absolute Gasteiger partial charge is 0.283 e. The number of carbonyl (C=O) groups excluding carboxylic acids is 1. The molecule has 1 amide bonds. The molecule has 0 saturated heterocycles. The van der Waals surface area contributed by atoms with Gasteiger partial charge in [-0.15, -0.1) is 0 Å². The van der Waals surface area contributed by atoms with Gasteiger partial charge in [0.2, 0.25) is 0 Å². The van der Waals surface area contributed by atoms with Gasteiger partial charge in [0.15, 0.2) is 0 Å². The minimum atomic E-state index is -0.661. The number of hydrogen-bond acceptors (Lipinski definition) is 4. The van der Waals surface area contributed by atoms with Crippen molar-refractivity contribution in [3.8, 4) is 0 Å². The molecule has 0 aliphatic heterocycles. The third-order valence-electron chi connectivity index (χ3n) is 2.18. The van der Waals surface area contributed by atoms with Crippen molar-refractivity contribution in [1.29, 1.82) is 0 Å². The average molecular weight is 259 g/mol. The van der Waals surface area contributed by atoms with Crippen LogP contribution in [0.25, 0.3) is 0 Å². The van der Waals surface area contributed by atoms with E-state index in [9.17, 15) is 14.9 Å². The van der Waals surface area contributed by atoms with Crippen LogP contribution in [0.3, 0.4) is 0 Å². The lowest BCUT2D eigenvalue weighted by atomic mass is 10.1. The molecule has 0 unspecified atom stereocenters. The summed E-state index contributed by atoms with van der Waals surface area (Å²) in [5, 5.41) is 19.5. The normalized spacial score (nSPS) is 10.1. The summed E-state index contributed by atoms with van der Waals surface area (Å²) < 4.78 is 0. The van der Waals surface area contributed by atoms with Gasteiger partial charge < -0.3 is 10.0 Å². The summed E-state index contributed by atoms with van der Waals surface area (Å²) in [6.07, 6.45) is 0. The first-order valence-corrected chi connectivity index (χ1v) is 5.16. The highest BCUT2D eigenvalue weighted by atomic mass is 35.5. The third-order valence-corrected chi connectivity index (χ3v) is 2.50. The van der Waals surface area contributed by atoms with E-state index in [2.05, 4.69) is 0 Å². The van der Waals surface area contributed by atoms with Crippen molar-refractivity contribution in [2.45, 2.75) is 0 Å². The van der Waals surface area contributed by atoms with Crippen LogP contribution in [0.5, 0.6) is 0 Å². The molecule has 0 aromatic heterocycles. The summed E-state index contributed by atoms with van der Waals surface area (Å²) in [6.45, 7) is -0.137. The number of nitro groups is 1. The predicted molar refractivity (Wildman–Crippen MR) is 62.2 cm³/mol. The van der Waals surface area contributed by atoms with E-state index in [1.807, 2.05) is 0 Å². The van der Waals surface area contributed by atoms with Crippen molar-refractivity contribution in [2.75, 3.05) is 20.2 Å². The van der Waals surface area contributed by atoms with E-state index in [1.54, 1.807) is 0 Å². The second kappa shape index (κ2) is 5.60. The third kappa shape index (κ3) is 2.92. The number of nitro benzene ring substituents is 1. The summed E-state index contributed by atoms with van der Waals surface area (Å²) in [4.78, 5) is 23.2. The van der Waals surface area contributed by atoms with Gasteiger partial charge in [-0.25, -0.2) is 0 Å². The highest BCUT2D eigenvalue weighted by Gasteiger charge is 2.25. The fraction of sp³-hybridized carbons (Fsp3) is 0.300. The maximum absolute atomic E-state index is 11.9. The van der Waals surface area contributed by atoms with Gasteiger partial charge in [-0.3, -0.25) is 14.9 Å². The molecule has 0 aliphatic rings. The topological polar surface area (TPSA) is 83.7 Å². The largest absolute Gasteiger partial charge is 0.395 e. The molecule has 6 nitrogen and oxygen atoms in total. The lowest BCUT2D eigenvalue weighted by Crippen LogP contribution is -2.30. The van der Waals surface area contributed by atoms with E-state index in [4.69, 9.17) is 16.7 Å². The van der Waals surface area contributed by atoms with Crippen LogP contribution in [-0.4, -0.2) is 41.0 Å². The van der Waals surface area contributed by atoms with Gasteiger partial charge in [0, 0.05) is 19.7 Å². The van der Waals surface area contributed by atoms with Crippen molar-refractivity contribution >= 4 is 23.2 Å². The Labute approximate surface area is 103 Å². The van der Waals surface area contributed by atoms with Crippen molar-refractivity contribution < 1.29 is 14.8 Å². The molecule has 1 rings (SSSR count). The number of aliphatic hydroxyl groups is 1. The molecule has 17 heavy (non-hydrogen) atoms. The van der Waals surface area contributed by atoms with E-state index < -0.39 is 10.8 Å². The van der Waals surface area contributed by atoms with Gasteiger partial charge in [0.1, 0.15) is 5.56 Å². The van der Waals surface area contributed by atoms with E-state index in [-0.39, 0.29) is 29.4 Å². The van der Waals surface area contributed by atoms with E-state index >= 15 is 0 Å². The molecule has 0 aliphatic carbocycles. The number of hydrogen-bond donors (Lipinski definition) is 1. The van der Waals surface area contributed by atoms with Crippen LogP contribution in [0.1, 0.15) is 10.4 Å². The highest BCUT2D eigenvalue weighted by molar-refractivity contribution is 6.34. The monoisotopic (exact) mass is 258 g/mol. The van der Waals surface area contributed by atoms with Crippen molar-refractivity contribution in [3.63, 3.8) is 0 Å². The number of amides is 1. The van der Waals surface area contributed by atoms with Gasteiger partial charge in [0.05, 0.1) is 16.6 Å². The lowest BCUT2D eigenvalue weighted by Gasteiger charge is -2.16. The summed E-state index contributed by atoms with van der Waals surface area (Å²) in [5.41, 5.74) is -0.498. The number of aliphatic hydroxyl groups excluding tert-OH is 1. The number of nitrogens with zero attached hydrogens (tertiary/aromatic N) is 2. The molecule has 0 heterocycles. The van der Waals surface area contributed by atoms with E-state index in [0.717, 1.165) is 0 Å². The Morgan fingerprint density at radius 1 is 1.59 bits per heavy atom. The molecule has 0 saturated carbocycles. The zero-order valence-corrected chi connectivity index (χ0v) is 9.85. The van der Waals surface area contributed by atoms with Gasteiger partial charge in [-0.2, -0.15) is 0 Å². The van der Waals surface area contributed by atoms with Crippen LogP contribution < -0.4 is 0 Å². The van der Waals surface area contributed by atoms with Crippen LogP contribution in [0.15, 0.2) is 18.2 Å². The summed E-state index contributed by atoms with van der Waals surface area (Å²) >= 11 is 5.80. The maximum Gasteiger partial charge on any atom is 0.283 e. The molecule has 0 fully saturated rings. The molecular weight excluding hydrogens is 248 g/mol. The van der Waals surface area contributed by atoms with E-state index in [0.29, 0.717) is 0 Å². The number of benzene rings is 1. The minimum Gasteiger partial charge on any atom is -0.395 e. The molecule has 0 spiro atoms. The zero-order chi connectivity index (χ0) is 13.0. The Morgan fingerprint density at radius 2 is 2.24 bits per heavy atom. The first kappa shape index (κ1) is 13.4. The van der Waals surface area contributed by atoms with Crippen molar-refractivity contribution in [3.05, 3.63) is 38.9 Å².